The molecule has 4 aromatic rings. The van der Waals surface area contributed by atoms with Crippen molar-refractivity contribution in [1.29, 1.82) is 0 Å². The van der Waals surface area contributed by atoms with Gasteiger partial charge in [-0.3, -0.25) is 0 Å². The van der Waals surface area contributed by atoms with E-state index in [0.717, 1.165) is 27.8 Å². The molecule has 0 fully saturated rings. The van der Waals surface area contributed by atoms with Gasteiger partial charge in [0.15, 0.2) is 0 Å². The van der Waals surface area contributed by atoms with Crippen LogP contribution in [0.5, 0.6) is 0 Å². The third-order valence-electron chi connectivity index (χ3n) is 4.35. The number of hydrogen-bond donors (Lipinski definition) is 1. The van der Waals surface area contributed by atoms with Crippen LogP contribution in [0.1, 0.15) is 21.5 Å². The number of carboxylic acid groups (broad SMARTS) is 1. The Bertz CT molecular complexity index is 1100. The van der Waals surface area contributed by atoms with E-state index in [4.69, 9.17) is 11.6 Å². The molecule has 2 aromatic heterocycles. The largest absolute Gasteiger partial charge is 0.478 e. The molecule has 0 spiro atoms. The van der Waals surface area contributed by atoms with Crippen LogP contribution in [0.2, 0.25) is 5.02 Å². The zero-order chi connectivity index (χ0) is 18.1. The van der Waals surface area contributed by atoms with Gasteiger partial charge in [-0.2, -0.15) is 0 Å². The second-order valence-corrected chi connectivity index (χ2v) is 6.49. The summed E-state index contributed by atoms with van der Waals surface area (Å²) in [5, 5.41) is 10.9. The molecule has 0 amide bonds. The molecule has 0 radical (unpaired) electrons. The first-order chi connectivity index (χ1) is 12.6. The lowest BCUT2D eigenvalue weighted by Gasteiger charge is -2.08. The first-order valence-corrected chi connectivity index (χ1v) is 8.53. The van der Waals surface area contributed by atoms with Crippen molar-refractivity contribution in [2.24, 2.45) is 0 Å². The summed E-state index contributed by atoms with van der Waals surface area (Å²) in [4.78, 5) is 15.9. The molecule has 2 aromatic carbocycles. The Morgan fingerprint density at radius 3 is 2.73 bits per heavy atom. The maximum Gasteiger partial charge on any atom is 0.336 e. The van der Waals surface area contributed by atoms with Gasteiger partial charge in [0.05, 0.1) is 11.1 Å². The average Bonchev–Trinajstić information content (AvgIpc) is 3.07. The number of fused-ring (bicyclic) bond motifs is 1. The highest BCUT2D eigenvalue weighted by molar-refractivity contribution is 6.31. The van der Waals surface area contributed by atoms with E-state index in [2.05, 4.69) is 11.1 Å². The van der Waals surface area contributed by atoms with Crippen LogP contribution in [0.4, 0.5) is 0 Å². The van der Waals surface area contributed by atoms with Gasteiger partial charge in [0, 0.05) is 22.8 Å². The summed E-state index contributed by atoms with van der Waals surface area (Å²) >= 11 is 5.93. The van der Waals surface area contributed by atoms with Crippen molar-refractivity contribution in [3.8, 4) is 5.82 Å². The van der Waals surface area contributed by atoms with E-state index in [1.807, 2.05) is 47.2 Å². The van der Waals surface area contributed by atoms with Gasteiger partial charge in [-0.25, -0.2) is 9.78 Å². The third-order valence-corrected chi connectivity index (χ3v) is 4.58. The molecule has 4 rings (SSSR count). The fourth-order valence-electron chi connectivity index (χ4n) is 3.12. The van der Waals surface area contributed by atoms with E-state index < -0.39 is 5.97 Å². The molecule has 0 bridgehead atoms. The van der Waals surface area contributed by atoms with Crippen molar-refractivity contribution in [3.63, 3.8) is 0 Å². The molecule has 4 nitrogen and oxygen atoms in total. The van der Waals surface area contributed by atoms with Crippen molar-refractivity contribution in [2.75, 3.05) is 0 Å². The lowest BCUT2D eigenvalue weighted by molar-refractivity contribution is 0.0696. The minimum atomic E-state index is -0.968. The van der Waals surface area contributed by atoms with Gasteiger partial charge < -0.3 is 9.67 Å². The third kappa shape index (κ3) is 3.07. The van der Waals surface area contributed by atoms with E-state index in [0.29, 0.717) is 11.4 Å². The monoisotopic (exact) mass is 362 g/mol. The molecular weight excluding hydrogens is 348 g/mol. The Kier molecular flexibility index (Phi) is 4.19. The van der Waals surface area contributed by atoms with Crippen molar-refractivity contribution in [2.45, 2.75) is 6.42 Å². The summed E-state index contributed by atoms with van der Waals surface area (Å²) in [6, 6.07) is 19.0. The van der Waals surface area contributed by atoms with Crippen LogP contribution in [0, 0.1) is 0 Å². The Morgan fingerprint density at radius 2 is 1.96 bits per heavy atom. The minimum Gasteiger partial charge on any atom is -0.478 e. The molecule has 0 saturated carbocycles. The van der Waals surface area contributed by atoms with Crippen LogP contribution in [0.3, 0.4) is 0 Å². The van der Waals surface area contributed by atoms with E-state index in [1.165, 1.54) is 6.07 Å². The van der Waals surface area contributed by atoms with Gasteiger partial charge in [-0.15, -0.1) is 0 Å². The van der Waals surface area contributed by atoms with Gasteiger partial charge >= 0.3 is 5.97 Å². The zero-order valence-corrected chi connectivity index (χ0v) is 14.5. The number of benzene rings is 2. The Balaban J connectivity index is 1.71. The van der Waals surface area contributed by atoms with Gasteiger partial charge in [-0.05, 0) is 60.0 Å². The molecule has 0 atom stereocenters. The Labute approximate surface area is 155 Å². The normalized spacial score (nSPS) is 11.0. The summed E-state index contributed by atoms with van der Waals surface area (Å²) in [7, 11) is 0. The topological polar surface area (TPSA) is 55.1 Å². The fourth-order valence-corrected chi connectivity index (χ4v) is 3.29. The number of aromatic carboxylic acids is 1. The number of aromatic nitrogens is 2. The highest BCUT2D eigenvalue weighted by Gasteiger charge is 2.12. The van der Waals surface area contributed by atoms with E-state index in [1.54, 1.807) is 18.3 Å². The van der Waals surface area contributed by atoms with Gasteiger partial charge in [-0.1, -0.05) is 29.8 Å². The first-order valence-electron chi connectivity index (χ1n) is 8.15. The van der Waals surface area contributed by atoms with Gasteiger partial charge in [0.1, 0.15) is 5.82 Å². The van der Waals surface area contributed by atoms with E-state index >= 15 is 0 Å². The average molecular weight is 363 g/mol. The molecule has 0 aliphatic rings. The van der Waals surface area contributed by atoms with Crippen molar-refractivity contribution in [3.05, 3.63) is 94.8 Å². The molecule has 5 heteroatoms. The number of halogens is 1. The quantitative estimate of drug-likeness (QED) is 0.557. The number of pyridine rings is 1. The first kappa shape index (κ1) is 16.4. The predicted octanol–water partition coefficient (Wildman–Crippen LogP) is 4.97. The minimum absolute atomic E-state index is 0.239. The zero-order valence-electron chi connectivity index (χ0n) is 13.8. The van der Waals surface area contributed by atoms with Crippen LogP contribution in [0.25, 0.3) is 16.7 Å². The number of carbonyl (C=O) groups is 1. The van der Waals surface area contributed by atoms with Crippen LogP contribution >= 0.6 is 11.6 Å². The van der Waals surface area contributed by atoms with Crippen LogP contribution < -0.4 is 0 Å². The van der Waals surface area contributed by atoms with Crippen molar-refractivity contribution >= 4 is 28.5 Å². The summed E-state index contributed by atoms with van der Waals surface area (Å²) < 4.78 is 2.03. The number of nitrogens with zero attached hydrogens (tertiary/aromatic N) is 2. The van der Waals surface area contributed by atoms with Crippen molar-refractivity contribution < 1.29 is 9.90 Å². The standard InChI is InChI=1S/C21H15ClN2O2/c22-17-6-5-15(18(13-17)21(25)26)11-14-4-7-19-16(12-14)8-10-24(19)20-3-1-2-9-23-20/h1-10,12-13H,11H2,(H,25,26). The molecule has 1 N–H and O–H groups in total. The second-order valence-electron chi connectivity index (χ2n) is 6.05. The Morgan fingerprint density at radius 1 is 1.08 bits per heavy atom. The van der Waals surface area contributed by atoms with Gasteiger partial charge in [0.2, 0.25) is 0 Å². The lowest BCUT2D eigenvalue weighted by atomic mass is 9.99. The molecule has 2 heterocycles. The summed E-state index contributed by atoms with van der Waals surface area (Å²) in [5.41, 5.74) is 3.08. The molecule has 0 saturated heterocycles. The molecule has 0 aliphatic heterocycles. The van der Waals surface area contributed by atoms with E-state index in [9.17, 15) is 9.90 Å². The molecular formula is C21H15ClN2O2. The summed E-state index contributed by atoms with van der Waals surface area (Å²) in [6.07, 6.45) is 4.29. The lowest BCUT2D eigenvalue weighted by Crippen LogP contribution is -2.03. The van der Waals surface area contributed by atoms with Crippen LogP contribution in [-0.4, -0.2) is 20.6 Å². The van der Waals surface area contributed by atoms with Crippen LogP contribution in [0.15, 0.2) is 73.1 Å². The number of carboxylic acids is 1. The Hall–Kier alpha value is -3.11. The SMILES string of the molecule is O=C(O)c1cc(Cl)ccc1Cc1ccc2c(ccn2-c2ccccn2)c1. The summed E-state index contributed by atoms with van der Waals surface area (Å²) in [6.45, 7) is 0. The van der Waals surface area contributed by atoms with E-state index in [-0.39, 0.29) is 5.56 Å². The number of hydrogen-bond acceptors (Lipinski definition) is 2. The number of rotatable bonds is 4. The summed E-state index contributed by atoms with van der Waals surface area (Å²) in [5.74, 6) is -0.106. The highest BCUT2D eigenvalue weighted by atomic mass is 35.5. The smallest absolute Gasteiger partial charge is 0.336 e. The maximum absolute atomic E-state index is 11.5. The molecule has 26 heavy (non-hydrogen) atoms. The fraction of sp³-hybridized carbons (Fsp3) is 0.0476. The maximum atomic E-state index is 11.5. The predicted molar refractivity (Wildman–Crippen MR) is 102 cm³/mol. The van der Waals surface area contributed by atoms with Crippen LogP contribution in [-0.2, 0) is 6.42 Å². The van der Waals surface area contributed by atoms with Crippen molar-refractivity contribution in [1.82, 2.24) is 9.55 Å². The van der Waals surface area contributed by atoms with Gasteiger partial charge in [0.25, 0.3) is 0 Å². The highest BCUT2D eigenvalue weighted by Crippen LogP contribution is 2.24. The molecule has 128 valence electrons. The molecule has 0 aliphatic carbocycles. The second kappa shape index (κ2) is 6.65. The molecule has 0 unspecified atom stereocenters.